The monoisotopic (exact) mass is 682 g/mol. The lowest BCUT2D eigenvalue weighted by Crippen LogP contribution is -2.67. The van der Waals surface area contributed by atoms with Crippen LogP contribution in [0.3, 0.4) is 0 Å². The maximum atomic E-state index is 10.9. The van der Waals surface area contributed by atoms with Crippen LogP contribution in [0.1, 0.15) is 0 Å². The second-order valence-corrected chi connectivity index (χ2v) is 11.7. The van der Waals surface area contributed by atoms with Gasteiger partial charge in [-0.25, -0.2) is 0 Å². The minimum atomic E-state index is -1.99. The number of rotatable bonds is 10. The zero-order chi connectivity index (χ0) is 33.3. The van der Waals surface area contributed by atoms with Crippen molar-refractivity contribution in [3.8, 4) is 0 Å². The Morgan fingerprint density at radius 3 is 1.09 bits per heavy atom. The molecule has 0 unspecified atom stereocenters. The highest BCUT2D eigenvalue weighted by atomic mass is 32.1. The molecule has 4 fully saturated rings. The van der Waals surface area contributed by atoms with E-state index >= 15 is 0 Å². The average Bonchev–Trinajstić information content (AvgIpc) is 3.03. The third kappa shape index (κ3) is 7.59. The Morgan fingerprint density at radius 2 is 0.711 bits per heavy atom. The van der Waals surface area contributed by atoms with Gasteiger partial charge in [0, 0.05) is 0 Å². The Kier molecular flexibility index (Phi) is 13.2. The number of ether oxygens (including phenoxy) is 7. The van der Waals surface area contributed by atoms with Gasteiger partial charge in [0.15, 0.2) is 25.2 Å². The number of hydrogen-bond donors (Lipinski definition) is 14. The third-order valence-electron chi connectivity index (χ3n) is 8.20. The molecule has 4 saturated heterocycles. The van der Waals surface area contributed by atoms with Gasteiger partial charge < -0.3 is 99.5 Å². The molecule has 20 nitrogen and oxygen atoms in total. The lowest BCUT2D eigenvalue weighted by molar-refractivity contribution is -0.385. The van der Waals surface area contributed by atoms with Crippen LogP contribution in [0.25, 0.3) is 0 Å². The van der Waals surface area contributed by atoms with Crippen molar-refractivity contribution in [2.75, 3.05) is 26.4 Å². The van der Waals surface area contributed by atoms with Crippen LogP contribution in [-0.2, 0) is 33.2 Å². The molecule has 0 bridgehead atoms. The van der Waals surface area contributed by atoms with Gasteiger partial charge in [-0.1, -0.05) is 0 Å². The quantitative estimate of drug-likeness (QED) is 0.0951. The summed E-state index contributed by atoms with van der Waals surface area (Å²) >= 11 is 4.09. The third-order valence-corrected chi connectivity index (χ3v) is 8.84. The summed E-state index contributed by atoms with van der Waals surface area (Å²) in [5.74, 6) is 0. The molecule has 0 aromatic heterocycles. The molecule has 13 N–H and O–H groups in total. The molecule has 4 rings (SSSR count). The second-order valence-electron chi connectivity index (χ2n) is 11.1. The predicted molar refractivity (Wildman–Crippen MR) is 141 cm³/mol. The molecule has 21 heteroatoms. The Balaban J connectivity index is 1.43. The molecule has 4 heterocycles. The van der Waals surface area contributed by atoms with E-state index in [2.05, 4.69) is 12.6 Å². The second kappa shape index (κ2) is 15.8. The van der Waals surface area contributed by atoms with Crippen molar-refractivity contribution < 1.29 is 99.5 Å². The van der Waals surface area contributed by atoms with E-state index in [0.29, 0.717) is 0 Å². The van der Waals surface area contributed by atoms with Gasteiger partial charge in [-0.15, -0.1) is 0 Å². The smallest absolute Gasteiger partial charge is 0.187 e. The lowest BCUT2D eigenvalue weighted by atomic mass is 9.95. The zero-order valence-corrected chi connectivity index (χ0v) is 24.4. The Hall–Kier alpha value is -0.450. The summed E-state index contributed by atoms with van der Waals surface area (Å²) < 4.78 is 38.0. The van der Waals surface area contributed by atoms with E-state index in [1.54, 1.807) is 0 Å². The van der Waals surface area contributed by atoms with E-state index in [4.69, 9.17) is 33.2 Å². The van der Waals surface area contributed by atoms with Crippen LogP contribution in [0.4, 0.5) is 0 Å². The van der Waals surface area contributed by atoms with Crippen molar-refractivity contribution in [1.82, 2.24) is 0 Å². The normalized spacial score (nSPS) is 52.9. The summed E-state index contributed by atoms with van der Waals surface area (Å²) in [6, 6.07) is 0. The van der Waals surface area contributed by atoms with Crippen molar-refractivity contribution in [3.63, 3.8) is 0 Å². The molecule has 0 aromatic carbocycles. The first-order valence-corrected chi connectivity index (χ1v) is 14.6. The lowest BCUT2D eigenvalue weighted by Gasteiger charge is -2.49. The van der Waals surface area contributed by atoms with Crippen molar-refractivity contribution in [3.05, 3.63) is 0 Å². The van der Waals surface area contributed by atoms with Gasteiger partial charge >= 0.3 is 0 Å². The van der Waals surface area contributed by atoms with Crippen LogP contribution in [0.15, 0.2) is 0 Å². The molecule has 20 atom stereocenters. The average molecular weight is 683 g/mol. The summed E-state index contributed by atoms with van der Waals surface area (Å²) in [6.07, 6.45) is -32.4. The van der Waals surface area contributed by atoms with E-state index in [-0.39, 0.29) is 0 Å². The van der Waals surface area contributed by atoms with Crippen LogP contribution in [0.5, 0.6) is 0 Å². The molecule has 0 amide bonds. The van der Waals surface area contributed by atoms with Gasteiger partial charge in [0.25, 0.3) is 0 Å². The van der Waals surface area contributed by atoms with Crippen molar-refractivity contribution in [2.24, 2.45) is 0 Å². The summed E-state index contributed by atoms with van der Waals surface area (Å²) in [5, 5.41) is 132. The molecule has 0 aromatic rings. The molecular formula is C24H42O20S. The zero-order valence-electron chi connectivity index (χ0n) is 23.5. The molecule has 0 radical (unpaired) electrons. The topological polar surface area (TPSA) is 328 Å². The van der Waals surface area contributed by atoms with E-state index in [9.17, 15) is 66.4 Å². The first-order valence-electron chi connectivity index (χ1n) is 14.1. The van der Waals surface area contributed by atoms with Crippen LogP contribution in [0.2, 0.25) is 0 Å². The Bertz CT molecular complexity index is 916. The van der Waals surface area contributed by atoms with E-state index in [1.807, 2.05) is 0 Å². The number of aliphatic hydroxyl groups excluding tert-OH is 13. The Morgan fingerprint density at radius 1 is 0.400 bits per heavy atom. The maximum absolute atomic E-state index is 10.9. The highest BCUT2D eigenvalue weighted by Crippen LogP contribution is 2.34. The molecule has 0 aliphatic carbocycles. The van der Waals surface area contributed by atoms with E-state index < -0.39 is 148 Å². The molecular weight excluding hydrogens is 640 g/mol. The van der Waals surface area contributed by atoms with E-state index in [1.165, 1.54) is 0 Å². The van der Waals surface area contributed by atoms with Crippen LogP contribution in [0, 0.1) is 0 Å². The first-order chi connectivity index (χ1) is 21.3. The maximum Gasteiger partial charge on any atom is 0.187 e. The van der Waals surface area contributed by atoms with Crippen LogP contribution in [-0.4, -0.2) is 215 Å². The van der Waals surface area contributed by atoms with Crippen LogP contribution < -0.4 is 0 Å². The van der Waals surface area contributed by atoms with Gasteiger partial charge in [-0.05, 0) is 0 Å². The number of thiol groups is 1. The standard InChI is InChI=1S/C24H42O20S/c25-1-5-17(9(29)13(33)21(37)38-5)42-22-14(34)10(30)18(6(2-26)39-22)43-23-15(35)11(31)19(7(3-27)40-23)44-24-16(36)12(32)20(45)8(4-28)41-24/h5-37,45H,1-4H2/t5-,6-,7-,8-,9-,10-,11-,12-,13-,14-,15-,16-,17-,18-,19-,20-,21+,22-,23-,24+/m1/s1. The van der Waals surface area contributed by atoms with Gasteiger partial charge in [-0.2, -0.15) is 12.6 Å². The van der Waals surface area contributed by atoms with Crippen molar-refractivity contribution >= 4 is 12.6 Å². The molecule has 4 aliphatic heterocycles. The summed E-state index contributed by atoms with van der Waals surface area (Å²) in [5.41, 5.74) is 0. The minimum Gasteiger partial charge on any atom is -0.394 e. The number of aliphatic hydroxyl groups is 13. The highest BCUT2D eigenvalue weighted by molar-refractivity contribution is 7.81. The van der Waals surface area contributed by atoms with Crippen molar-refractivity contribution in [1.29, 1.82) is 0 Å². The number of hydrogen-bond acceptors (Lipinski definition) is 21. The van der Waals surface area contributed by atoms with Crippen molar-refractivity contribution in [2.45, 2.75) is 122 Å². The highest BCUT2D eigenvalue weighted by Gasteiger charge is 2.54. The SMILES string of the molecule is OC[C@H]1O[C@@H](O[C@H]2[C@H](O)[C@@H](O)[C@@H](O[C@H]3[C@H](O)[C@@H](O)[C@@H](O[C@H]4[C@H](O)[C@@H](O)[C@@H](O)O[C@@H]4CO)O[C@@H]3CO)O[C@@H]2CO)[C@H](O)[C@@H](O)[C@@H]1S. The summed E-state index contributed by atoms with van der Waals surface area (Å²) in [7, 11) is 0. The fourth-order valence-corrected chi connectivity index (χ4v) is 5.89. The first kappa shape index (κ1) is 37.4. The molecule has 4 aliphatic rings. The summed E-state index contributed by atoms with van der Waals surface area (Å²) in [6.45, 7) is -3.16. The summed E-state index contributed by atoms with van der Waals surface area (Å²) in [4.78, 5) is 0. The molecule has 45 heavy (non-hydrogen) atoms. The van der Waals surface area contributed by atoms with Gasteiger partial charge in [0.2, 0.25) is 0 Å². The van der Waals surface area contributed by atoms with E-state index in [0.717, 1.165) is 0 Å². The van der Waals surface area contributed by atoms with Gasteiger partial charge in [0.1, 0.15) is 79.4 Å². The molecule has 0 saturated carbocycles. The fourth-order valence-electron chi connectivity index (χ4n) is 5.55. The molecule has 264 valence electrons. The molecule has 0 spiro atoms. The van der Waals surface area contributed by atoms with Gasteiger partial charge in [0.05, 0.1) is 43.9 Å². The minimum absolute atomic E-state index is 0.610. The van der Waals surface area contributed by atoms with Gasteiger partial charge in [-0.3, -0.25) is 0 Å². The predicted octanol–water partition coefficient (Wildman–Crippen LogP) is -8.81. The largest absolute Gasteiger partial charge is 0.394 e. The Labute approximate surface area is 260 Å². The van der Waals surface area contributed by atoms with Crippen LogP contribution >= 0.6 is 12.6 Å². The fraction of sp³-hybridized carbons (Fsp3) is 1.00.